The van der Waals surface area contributed by atoms with Crippen molar-refractivity contribution in [1.82, 2.24) is 0 Å². The number of ether oxygens (including phenoxy) is 1. The van der Waals surface area contributed by atoms with E-state index in [1.54, 1.807) is 7.11 Å². The maximum Gasteiger partial charge on any atom is 0.311 e. The minimum absolute atomic E-state index is 0.112. The second kappa shape index (κ2) is 16.4. The number of carbonyl (C=O) groups excluding carboxylic acids is 1. The number of esters is 1. The molecule has 0 N–H and O–H groups in total. The van der Waals surface area contributed by atoms with Crippen molar-refractivity contribution in [2.45, 2.75) is 168 Å². The zero-order valence-electron chi connectivity index (χ0n) is 24.7. The molecule has 0 bridgehead atoms. The highest BCUT2D eigenvalue weighted by atomic mass is 16.5. The molecule has 0 spiro atoms. The fourth-order valence-corrected chi connectivity index (χ4v) is 8.39. The van der Waals surface area contributed by atoms with Crippen molar-refractivity contribution < 1.29 is 9.53 Å². The highest BCUT2D eigenvalue weighted by molar-refractivity contribution is 5.76. The van der Waals surface area contributed by atoms with Crippen molar-refractivity contribution in [2.75, 3.05) is 7.11 Å². The van der Waals surface area contributed by atoms with Crippen LogP contribution >= 0.6 is 0 Å². The van der Waals surface area contributed by atoms with Crippen LogP contribution in [0.1, 0.15) is 168 Å². The molecule has 0 amide bonds. The van der Waals surface area contributed by atoms with Crippen molar-refractivity contribution >= 4 is 5.97 Å². The predicted molar refractivity (Wildman–Crippen MR) is 154 cm³/mol. The third kappa shape index (κ3) is 9.34. The first-order valence-corrected chi connectivity index (χ1v) is 16.7. The van der Waals surface area contributed by atoms with Gasteiger partial charge in [-0.15, -0.1) is 0 Å². The van der Waals surface area contributed by atoms with E-state index in [4.69, 9.17) is 4.74 Å². The number of methoxy groups -OCH3 is 1. The zero-order valence-corrected chi connectivity index (χ0v) is 24.7. The highest BCUT2D eigenvalue weighted by Crippen LogP contribution is 2.49. The van der Waals surface area contributed by atoms with Crippen LogP contribution in [-0.4, -0.2) is 13.1 Å². The fraction of sp³-hybridized carbons (Fsp3) is 0.971. The molecule has 0 saturated heterocycles. The summed E-state index contributed by atoms with van der Waals surface area (Å²) in [6.45, 7) is 4.62. The van der Waals surface area contributed by atoms with E-state index in [1.165, 1.54) is 135 Å². The predicted octanol–water partition coefficient (Wildman–Crippen LogP) is 10.7. The minimum Gasteiger partial charge on any atom is -0.469 e. The molecular formula is C34H62O2. The number of carbonyl (C=O) groups is 1. The first-order chi connectivity index (χ1) is 17.6. The smallest absolute Gasteiger partial charge is 0.311 e. The average molecular weight is 503 g/mol. The molecule has 3 fully saturated rings. The molecule has 0 aromatic carbocycles. The quantitative estimate of drug-likeness (QED) is 0.164. The Kier molecular flexibility index (Phi) is 13.7. The number of unbranched alkanes of at least 4 members (excludes halogenated alkanes) is 6. The van der Waals surface area contributed by atoms with Crippen molar-refractivity contribution in [3.05, 3.63) is 0 Å². The molecule has 0 unspecified atom stereocenters. The molecule has 3 saturated carbocycles. The lowest BCUT2D eigenvalue weighted by Crippen LogP contribution is -2.39. The van der Waals surface area contributed by atoms with E-state index >= 15 is 0 Å². The van der Waals surface area contributed by atoms with Crippen LogP contribution in [0, 0.1) is 35.0 Å². The highest BCUT2D eigenvalue weighted by Gasteiger charge is 2.44. The molecular weight excluding hydrogens is 440 g/mol. The summed E-state index contributed by atoms with van der Waals surface area (Å²) in [6, 6.07) is 0. The molecule has 3 aliphatic rings. The lowest BCUT2D eigenvalue weighted by molar-refractivity contribution is -0.157. The summed E-state index contributed by atoms with van der Waals surface area (Å²) in [4.78, 5) is 13.0. The number of hydrogen-bond donors (Lipinski definition) is 0. The lowest BCUT2D eigenvalue weighted by atomic mass is 9.62. The van der Waals surface area contributed by atoms with Crippen LogP contribution in [0.15, 0.2) is 0 Å². The Morgan fingerprint density at radius 2 is 1.06 bits per heavy atom. The molecule has 2 nitrogen and oxygen atoms in total. The van der Waals surface area contributed by atoms with Gasteiger partial charge in [-0.05, 0) is 81.0 Å². The maximum atomic E-state index is 13.0. The van der Waals surface area contributed by atoms with Gasteiger partial charge in [0.2, 0.25) is 0 Å². The van der Waals surface area contributed by atoms with Gasteiger partial charge in [0.1, 0.15) is 0 Å². The Bertz CT molecular complexity index is 574. The first-order valence-electron chi connectivity index (χ1n) is 16.7. The van der Waals surface area contributed by atoms with Gasteiger partial charge in [-0.2, -0.15) is 0 Å². The molecule has 36 heavy (non-hydrogen) atoms. The SMILES string of the molecule is CCCCCCCC1CCC(C2CCC(CCC3CCC(CCCCC)CC3)(C(=O)OC)CC2)CC1. The zero-order chi connectivity index (χ0) is 25.6. The lowest BCUT2D eigenvalue weighted by Gasteiger charge is -2.43. The van der Waals surface area contributed by atoms with Gasteiger partial charge in [-0.25, -0.2) is 0 Å². The van der Waals surface area contributed by atoms with Gasteiger partial charge in [0.25, 0.3) is 0 Å². The molecule has 0 aliphatic heterocycles. The van der Waals surface area contributed by atoms with Crippen LogP contribution in [-0.2, 0) is 9.53 Å². The van der Waals surface area contributed by atoms with E-state index in [9.17, 15) is 4.79 Å². The van der Waals surface area contributed by atoms with Crippen LogP contribution in [0.2, 0.25) is 0 Å². The van der Waals surface area contributed by atoms with Crippen molar-refractivity contribution in [3.8, 4) is 0 Å². The Morgan fingerprint density at radius 1 is 0.611 bits per heavy atom. The molecule has 0 heterocycles. The normalized spacial score (nSPS) is 33.4. The third-order valence-electron chi connectivity index (χ3n) is 11.1. The van der Waals surface area contributed by atoms with Gasteiger partial charge >= 0.3 is 5.97 Å². The van der Waals surface area contributed by atoms with E-state index in [-0.39, 0.29) is 11.4 Å². The molecule has 3 rings (SSSR count). The Hall–Kier alpha value is -0.530. The molecule has 0 atom stereocenters. The monoisotopic (exact) mass is 502 g/mol. The first kappa shape index (κ1) is 30.0. The summed E-state index contributed by atoms with van der Waals surface area (Å²) in [5.41, 5.74) is -0.168. The van der Waals surface area contributed by atoms with Gasteiger partial charge in [-0.3, -0.25) is 4.79 Å². The molecule has 0 radical (unpaired) electrons. The molecule has 0 aromatic rings. The summed E-state index contributed by atoms with van der Waals surface area (Å²) in [5, 5.41) is 0. The van der Waals surface area contributed by atoms with Crippen LogP contribution in [0.3, 0.4) is 0 Å². The third-order valence-corrected chi connectivity index (χ3v) is 11.1. The number of hydrogen-bond acceptors (Lipinski definition) is 2. The van der Waals surface area contributed by atoms with Gasteiger partial charge in [-0.1, -0.05) is 117 Å². The van der Waals surface area contributed by atoms with Crippen LogP contribution in [0.5, 0.6) is 0 Å². The van der Waals surface area contributed by atoms with Crippen LogP contribution in [0.25, 0.3) is 0 Å². The van der Waals surface area contributed by atoms with Crippen molar-refractivity contribution in [3.63, 3.8) is 0 Å². The van der Waals surface area contributed by atoms with Crippen LogP contribution in [0.4, 0.5) is 0 Å². The Labute approximate surface area is 225 Å². The Morgan fingerprint density at radius 3 is 1.61 bits per heavy atom. The van der Waals surface area contributed by atoms with E-state index < -0.39 is 0 Å². The van der Waals surface area contributed by atoms with Gasteiger partial charge in [0.05, 0.1) is 12.5 Å². The fourth-order valence-electron chi connectivity index (χ4n) is 8.39. The van der Waals surface area contributed by atoms with Gasteiger partial charge in [0.15, 0.2) is 0 Å². The second-order valence-corrected chi connectivity index (χ2v) is 13.5. The van der Waals surface area contributed by atoms with Gasteiger partial charge < -0.3 is 4.74 Å². The molecule has 2 heteroatoms. The largest absolute Gasteiger partial charge is 0.469 e. The summed E-state index contributed by atoms with van der Waals surface area (Å²) in [5.74, 6) is 4.74. The summed E-state index contributed by atoms with van der Waals surface area (Å²) in [6.07, 6.45) is 32.8. The van der Waals surface area contributed by atoms with Gasteiger partial charge in [0, 0.05) is 0 Å². The molecule has 210 valence electrons. The van der Waals surface area contributed by atoms with E-state index in [1.807, 2.05) is 0 Å². The average Bonchev–Trinajstić information content (AvgIpc) is 2.93. The van der Waals surface area contributed by atoms with Crippen LogP contribution < -0.4 is 0 Å². The summed E-state index contributed by atoms with van der Waals surface area (Å²) in [7, 11) is 1.63. The topological polar surface area (TPSA) is 26.3 Å². The standard InChI is InChI=1S/C34H62O2/c1-4-6-8-9-11-13-29-18-20-31(21-19-29)32-23-26-34(27-24-32,33(35)36-3)25-22-30-16-14-28(15-17-30)12-10-7-5-2/h28-32H,4-27H2,1-3H3. The second-order valence-electron chi connectivity index (χ2n) is 13.5. The number of rotatable bonds is 15. The van der Waals surface area contributed by atoms with Crippen molar-refractivity contribution in [1.29, 1.82) is 0 Å². The minimum atomic E-state index is -0.168. The summed E-state index contributed by atoms with van der Waals surface area (Å²) < 4.78 is 5.42. The Balaban J connectivity index is 1.37. The van der Waals surface area contributed by atoms with E-state index in [0.717, 1.165) is 48.9 Å². The van der Waals surface area contributed by atoms with E-state index in [0.29, 0.717) is 0 Å². The molecule has 3 aliphatic carbocycles. The summed E-state index contributed by atoms with van der Waals surface area (Å²) >= 11 is 0. The van der Waals surface area contributed by atoms with Crippen molar-refractivity contribution in [2.24, 2.45) is 35.0 Å². The molecule has 0 aromatic heterocycles. The maximum absolute atomic E-state index is 13.0. The van der Waals surface area contributed by atoms with E-state index in [2.05, 4.69) is 13.8 Å².